The van der Waals surface area contributed by atoms with E-state index in [1.165, 1.54) is 38.5 Å². The van der Waals surface area contributed by atoms with Gasteiger partial charge in [0.1, 0.15) is 5.82 Å². The van der Waals surface area contributed by atoms with Crippen LogP contribution in [0, 0.1) is 34.9 Å². The number of rotatable bonds is 4. The minimum absolute atomic E-state index is 0.0218. The Morgan fingerprint density at radius 2 is 1.70 bits per heavy atom. The molecule has 0 radical (unpaired) electrons. The van der Waals surface area contributed by atoms with Crippen molar-refractivity contribution in [1.82, 2.24) is 4.90 Å². The molecule has 2 heterocycles. The minimum atomic E-state index is -1.44. The number of phenolic OH excluding ortho intramolecular Hbond substituents is 1. The molecular weight excluding hydrogens is 585 g/mol. The summed E-state index contributed by atoms with van der Waals surface area (Å²) in [7, 11) is 2.70. The molecule has 13 heteroatoms. The van der Waals surface area contributed by atoms with Crippen LogP contribution in [0.15, 0.2) is 42.0 Å². The SMILES string of the molecule is COc1cc(C2C3=CCC4C(=O)N(C(N)=O)C(=O)C4C3CC3C(=O)N(c4ccc(F)c(Cl)c4)C(=O)C32C)cc(OC)c1O. The molecule has 1 saturated carbocycles. The number of hydrogen-bond donors (Lipinski definition) is 2. The Morgan fingerprint density at radius 1 is 1.05 bits per heavy atom. The van der Waals surface area contributed by atoms with Crippen LogP contribution in [0.25, 0.3) is 0 Å². The minimum Gasteiger partial charge on any atom is -0.502 e. The number of ether oxygens (including phenoxy) is 2. The van der Waals surface area contributed by atoms with E-state index in [9.17, 15) is 33.5 Å². The Kier molecular flexibility index (Phi) is 6.53. The lowest BCUT2D eigenvalue weighted by Gasteiger charge is -2.49. The van der Waals surface area contributed by atoms with Gasteiger partial charge in [0.25, 0.3) is 0 Å². The molecule has 0 bridgehead atoms. The number of nitrogens with zero attached hydrogens (tertiary/aromatic N) is 2. The van der Waals surface area contributed by atoms with Crippen LogP contribution >= 0.6 is 11.6 Å². The van der Waals surface area contributed by atoms with Crippen LogP contribution in [-0.4, -0.2) is 53.9 Å². The summed E-state index contributed by atoms with van der Waals surface area (Å²) in [6, 6.07) is 5.43. The largest absolute Gasteiger partial charge is 0.502 e. The zero-order chi connectivity index (χ0) is 31.1. The number of amides is 6. The fourth-order valence-corrected chi connectivity index (χ4v) is 7.74. The van der Waals surface area contributed by atoms with E-state index in [2.05, 4.69) is 0 Å². The molecule has 6 unspecified atom stereocenters. The van der Waals surface area contributed by atoms with Crippen molar-refractivity contribution in [3.05, 3.63) is 58.4 Å². The van der Waals surface area contributed by atoms with E-state index in [4.69, 9.17) is 26.8 Å². The number of anilines is 1. The van der Waals surface area contributed by atoms with Gasteiger partial charge in [-0.2, -0.15) is 4.90 Å². The zero-order valence-corrected chi connectivity index (χ0v) is 24.1. The van der Waals surface area contributed by atoms with Gasteiger partial charge in [-0.15, -0.1) is 0 Å². The Hall–Kier alpha value is -4.45. The summed E-state index contributed by atoms with van der Waals surface area (Å²) in [5, 5.41) is 10.4. The van der Waals surface area contributed by atoms with E-state index in [1.807, 2.05) is 0 Å². The molecule has 3 N–H and O–H groups in total. The molecular formula is C30H27ClFN3O8. The number of urea groups is 1. The Bertz CT molecular complexity index is 1650. The van der Waals surface area contributed by atoms with E-state index in [0.29, 0.717) is 16.0 Å². The number of aromatic hydroxyl groups is 1. The number of benzene rings is 2. The second kappa shape index (κ2) is 9.80. The first-order valence-electron chi connectivity index (χ1n) is 13.5. The number of methoxy groups -OCH3 is 2. The van der Waals surface area contributed by atoms with Crippen molar-refractivity contribution in [2.75, 3.05) is 19.1 Å². The van der Waals surface area contributed by atoms with E-state index in [-0.39, 0.29) is 40.8 Å². The van der Waals surface area contributed by atoms with Crippen LogP contribution in [0.5, 0.6) is 17.2 Å². The van der Waals surface area contributed by atoms with Gasteiger partial charge in [0.2, 0.25) is 29.4 Å². The molecule has 6 rings (SSSR count). The molecule has 43 heavy (non-hydrogen) atoms. The van der Waals surface area contributed by atoms with Crippen LogP contribution in [-0.2, 0) is 19.2 Å². The Labute approximate surface area is 250 Å². The number of likely N-dealkylation sites (tertiary alicyclic amines) is 1. The average molecular weight is 612 g/mol. The maximum Gasteiger partial charge on any atom is 0.328 e. The molecule has 224 valence electrons. The molecule has 6 atom stereocenters. The number of nitrogens with two attached hydrogens (primary N) is 1. The van der Waals surface area contributed by atoms with Gasteiger partial charge in [0, 0.05) is 5.92 Å². The average Bonchev–Trinajstić information content (AvgIpc) is 3.34. The quantitative estimate of drug-likeness (QED) is 0.393. The molecule has 2 aliphatic carbocycles. The highest BCUT2D eigenvalue weighted by Gasteiger charge is 2.68. The Morgan fingerprint density at radius 3 is 2.28 bits per heavy atom. The predicted octanol–water partition coefficient (Wildman–Crippen LogP) is 3.51. The standard InChI is InChI=1S/C30H27ClFN3O8/c1-30-17(26(38)34(28(30)40)13-4-7-19(32)18(31)10-13)11-16-14(5-6-15-22(16)27(39)35(25(15)37)29(33)41)23(30)12-8-20(42-2)24(36)21(9-12)43-3/h4-5,7-10,15-17,22-23,36H,6,11H2,1-3H3,(H2,33,41). The summed E-state index contributed by atoms with van der Waals surface area (Å²) in [5.74, 6) is -7.90. The van der Waals surface area contributed by atoms with Crippen molar-refractivity contribution in [3.8, 4) is 17.2 Å². The van der Waals surface area contributed by atoms with Gasteiger partial charge < -0.3 is 20.3 Å². The second-order valence-corrected chi connectivity index (χ2v) is 11.8. The smallest absolute Gasteiger partial charge is 0.328 e. The van der Waals surface area contributed by atoms with E-state index in [0.717, 1.165) is 11.0 Å². The lowest BCUT2D eigenvalue weighted by atomic mass is 9.51. The number of allylic oxidation sites excluding steroid dienone is 2. The second-order valence-electron chi connectivity index (χ2n) is 11.4. The first-order chi connectivity index (χ1) is 20.4. The van der Waals surface area contributed by atoms with Gasteiger partial charge in [0.15, 0.2) is 11.5 Å². The van der Waals surface area contributed by atoms with Gasteiger partial charge in [-0.3, -0.25) is 19.2 Å². The van der Waals surface area contributed by atoms with Crippen molar-refractivity contribution >= 4 is 46.9 Å². The van der Waals surface area contributed by atoms with Crippen molar-refractivity contribution in [2.24, 2.45) is 34.8 Å². The molecule has 0 spiro atoms. The highest BCUT2D eigenvalue weighted by atomic mass is 35.5. The molecule has 4 aliphatic rings. The van der Waals surface area contributed by atoms with Crippen molar-refractivity contribution in [3.63, 3.8) is 0 Å². The molecule has 2 aliphatic heterocycles. The fourth-order valence-electron chi connectivity index (χ4n) is 7.56. The topological polar surface area (TPSA) is 157 Å². The molecule has 11 nitrogen and oxygen atoms in total. The van der Waals surface area contributed by atoms with Crippen LogP contribution in [0.3, 0.4) is 0 Å². The molecule has 3 fully saturated rings. The number of fused-ring (bicyclic) bond motifs is 4. The highest BCUT2D eigenvalue weighted by molar-refractivity contribution is 6.31. The summed E-state index contributed by atoms with van der Waals surface area (Å²) in [6.07, 6.45) is 1.91. The third-order valence-electron chi connectivity index (χ3n) is 9.49. The number of imide groups is 4. The number of hydrogen-bond acceptors (Lipinski definition) is 8. The normalized spacial score (nSPS) is 29.7. The number of primary amides is 1. The first kappa shape index (κ1) is 28.7. The van der Waals surface area contributed by atoms with Gasteiger partial charge in [-0.25, -0.2) is 14.1 Å². The summed E-state index contributed by atoms with van der Waals surface area (Å²) in [5.41, 5.74) is 5.11. The third kappa shape index (κ3) is 3.81. The Balaban J connectivity index is 1.57. The number of phenols is 1. The number of carbonyl (C=O) groups excluding carboxylic acids is 5. The summed E-state index contributed by atoms with van der Waals surface area (Å²) in [6.45, 7) is 1.65. The lowest BCUT2D eigenvalue weighted by molar-refractivity contribution is -0.136. The van der Waals surface area contributed by atoms with E-state index >= 15 is 0 Å². The summed E-state index contributed by atoms with van der Waals surface area (Å²) >= 11 is 6.01. The van der Waals surface area contributed by atoms with Gasteiger partial charge in [0.05, 0.1) is 48.1 Å². The van der Waals surface area contributed by atoms with Crippen molar-refractivity contribution in [1.29, 1.82) is 0 Å². The third-order valence-corrected chi connectivity index (χ3v) is 9.78. The van der Waals surface area contributed by atoms with E-state index in [1.54, 1.807) is 13.0 Å². The molecule has 2 aromatic carbocycles. The molecule has 0 aromatic heterocycles. The first-order valence-corrected chi connectivity index (χ1v) is 13.9. The summed E-state index contributed by atoms with van der Waals surface area (Å²) in [4.78, 5) is 68.6. The van der Waals surface area contributed by atoms with Gasteiger partial charge in [-0.05, 0) is 61.6 Å². The number of carbonyl (C=O) groups is 5. The number of halogens is 2. The maximum atomic E-state index is 14.4. The van der Waals surface area contributed by atoms with Crippen LogP contribution < -0.4 is 20.1 Å². The zero-order valence-electron chi connectivity index (χ0n) is 23.3. The van der Waals surface area contributed by atoms with Crippen LogP contribution in [0.4, 0.5) is 14.9 Å². The highest BCUT2D eigenvalue weighted by Crippen LogP contribution is 2.64. The molecule has 6 amide bonds. The fraction of sp³-hybridized carbons (Fsp3) is 0.367. The lowest BCUT2D eigenvalue weighted by Crippen LogP contribution is -2.49. The van der Waals surface area contributed by atoms with Crippen molar-refractivity contribution in [2.45, 2.75) is 25.7 Å². The van der Waals surface area contributed by atoms with E-state index < -0.39 is 70.5 Å². The maximum absolute atomic E-state index is 14.4. The van der Waals surface area contributed by atoms with Crippen molar-refractivity contribution < 1.29 is 42.9 Å². The monoisotopic (exact) mass is 611 g/mol. The van der Waals surface area contributed by atoms with Gasteiger partial charge >= 0.3 is 6.03 Å². The summed E-state index contributed by atoms with van der Waals surface area (Å²) < 4.78 is 24.8. The molecule has 2 aromatic rings. The van der Waals surface area contributed by atoms with Gasteiger partial charge in [-0.1, -0.05) is 23.3 Å². The van der Waals surface area contributed by atoms with Crippen LogP contribution in [0.2, 0.25) is 5.02 Å². The molecule has 2 saturated heterocycles. The predicted molar refractivity (Wildman–Crippen MR) is 149 cm³/mol. The van der Waals surface area contributed by atoms with Crippen LogP contribution in [0.1, 0.15) is 31.2 Å².